The van der Waals surface area contributed by atoms with Crippen molar-refractivity contribution < 1.29 is 48.0 Å². The van der Waals surface area contributed by atoms with Gasteiger partial charge < -0.3 is 24.1 Å². The van der Waals surface area contributed by atoms with Crippen LogP contribution in [-0.2, 0) is 56.9 Å². The summed E-state index contributed by atoms with van der Waals surface area (Å²) in [5.74, 6) is 1.96. The first-order chi connectivity index (χ1) is 70.7. The molecule has 8 aliphatic rings. The molecule has 1 N–H and O–H groups in total. The minimum Gasteiger partial charge on any atom is -0.457 e. The summed E-state index contributed by atoms with van der Waals surface area (Å²) in [6, 6.07) is 76.7. The predicted molar refractivity (Wildman–Crippen MR) is 600 cm³/mol. The SMILES string of the molecule is CC(C)c1cc(N=C=O)cc(C(C)C)c1N1C(=O)c2cc(Oc3ccc(C(C)(C)C)cc3)c3c4c(c(Oc5ccc(C(C)(C)C)cc5)cc(c24)C1=O)C1=CC=C2c4cc5cc6c(cc5cc4C4=CC=C3C1C42)CCc1cc2cc3c(cc2cc1CC6)-c1ccc2c4c(Oc5ccc(C(C)(C)C)cc5)cc5c6c(cc(Oc7ccc(C(C)(C)C)cc7)c(c7ccc-3c1c72)c64)C(=O)N(c1c(C(C)C)cc(N=C=O)cc1C(C)C)C5O. The summed E-state index contributed by atoms with van der Waals surface area (Å²) < 4.78 is 29.6. The fourth-order valence-corrected chi connectivity index (χ4v) is 25.4. The number of carbonyl (C=O) groups is 3. The second-order valence-electron chi connectivity index (χ2n) is 47.4. The van der Waals surface area contributed by atoms with Crippen LogP contribution in [-0.4, -0.2) is 35.0 Å². The number of amides is 3. The van der Waals surface area contributed by atoms with Gasteiger partial charge >= 0.3 is 0 Å². The average Bonchev–Trinajstić information content (AvgIpc) is 1.30. The van der Waals surface area contributed by atoms with Crippen molar-refractivity contribution in [3.05, 3.63) is 354 Å². The molecule has 3 atom stereocenters. The smallest absolute Gasteiger partial charge is 0.266 e. The zero-order valence-corrected chi connectivity index (χ0v) is 87.4. The molecule has 0 saturated heterocycles. The third kappa shape index (κ3) is 14.5. The predicted octanol–water partition coefficient (Wildman–Crippen LogP) is 34.5. The number of aliphatic imine (C=N–C) groups is 2. The maximum Gasteiger partial charge on any atom is 0.266 e. The van der Waals surface area contributed by atoms with Crippen molar-refractivity contribution in [3.8, 4) is 68.2 Å². The van der Waals surface area contributed by atoms with Crippen LogP contribution in [0.3, 0.4) is 0 Å². The number of aryl methyl sites for hydroxylation is 4. The maximum atomic E-state index is 16.5. The molecule has 0 bridgehead atoms. The van der Waals surface area contributed by atoms with Crippen LogP contribution in [0.15, 0.2) is 253 Å². The van der Waals surface area contributed by atoms with E-state index in [4.69, 9.17) is 18.9 Å². The van der Waals surface area contributed by atoms with E-state index in [1.807, 2.05) is 140 Å². The van der Waals surface area contributed by atoms with E-state index in [-0.39, 0.29) is 57.2 Å². The van der Waals surface area contributed by atoms with Gasteiger partial charge in [-0.25, -0.2) is 14.5 Å². The second kappa shape index (κ2) is 33.4. The van der Waals surface area contributed by atoms with E-state index in [0.29, 0.717) is 113 Å². The number of carbonyl (C=O) groups excluding carboxylic acids is 5. The normalized spacial score (nSPS) is 16.4. The molecule has 14 nitrogen and oxygen atoms in total. The molecular weight excluding hydrogens is 1830 g/mol. The lowest BCUT2D eigenvalue weighted by molar-refractivity contribution is 0.0870. The molecule has 0 saturated carbocycles. The first-order valence-electron chi connectivity index (χ1n) is 52.3. The Hall–Kier alpha value is -15.7. The zero-order chi connectivity index (χ0) is 103. The minimum atomic E-state index is -1.49. The van der Waals surface area contributed by atoms with Gasteiger partial charge in [0.2, 0.25) is 12.2 Å². The summed E-state index contributed by atoms with van der Waals surface area (Å²) in [6.45, 7) is 42.7. The van der Waals surface area contributed by atoms with E-state index in [2.05, 4.69) is 239 Å². The third-order valence-electron chi connectivity index (χ3n) is 32.9. The molecule has 17 aromatic rings. The Morgan fingerprint density at radius 1 is 0.311 bits per heavy atom. The molecule has 3 unspecified atom stereocenters. The number of anilines is 2. The first kappa shape index (κ1) is 93.4. The molecule has 2 heterocycles. The van der Waals surface area contributed by atoms with Crippen molar-refractivity contribution in [3.63, 3.8) is 0 Å². The first-order valence-corrected chi connectivity index (χ1v) is 52.3. The average molecular weight is 1940 g/mol. The molecule has 0 spiro atoms. The van der Waals surface area contributed by atoms with Gasteiger partial charge in [0.15, 0.2) is 6.23 Å². The van der Waals surface area contributed by atoms with E-state index in [1.165, 1.54) is 71.0 Å². The lowest BCUT2D eigenvalue weighted by atomic mass is 9.62. The summed E-state index contributed by atoms with van der Waals surface area (Å²) in [7, 11) is 0. The highest BCUT2D eigenvalue weighted by atomic mass is 16.5. The van der Waals surface area contributed by atoms with Gasteiger partial charge in [0.05, 0.1) is 39.4 Å². The number of nitrogens with zero attached hydrogens (tertiary/aromatic N) is 4. The van der Waals surface area contributed by atoms with Gasteiger partial charge in [-0.2, -0.15) is 9.98 Å². The molecule has 17 aromatic carbocycles. The number of ether oxygens (including phenoxy) is 4. The van der Waals surface area contributed by atoms with E-state index < -0.39 is 23.9 Å². The van der Waals surface area contributed by atoms with Crippen molar-refractivity contribution in [1.29, 1.82) is 0 Å². The van der Waals surface area contributed by atoms with Crippen molar-refractivity contribution in [1.82, 2.24) is 0 Å². The maximum absolute atomic E-state index is 16.5. The highest BCUT2D eigenvalue weighted by molar-refractivity contribution is 6.42. The van der Waals surface area contributed by atoms with Gasteiger partial charge in [0.1, 0.15) is 46.0 Å². The van der Waals surface area contributed by atoms with Gasteiger partial charge in [-0.1, -0.05) is 260 Å². The van der Waals surface area contributed by atoms with Crippen LogP contribution in [0.1, 0.15) is 294 Å². The molecule has 2 aliphatic heterocycles. The summed E-state index contributed by atoms with van der Waals surface area (Å²) in [5, 5.41) is 26.6. The summed E-state index contributed by atoms with van der Waals surface area (Å²) in [4.78, 5) is 84.3. The number of rotatable bonds is 16. The van der Waals surface area contributed by atoms with Crippen LogP contribution >= 0.6 is 0 Å². The van der Waals surface area contributed by atoms with Gasteiger partial charge in [0, 0.05) is 60.8 Å². The number of benzene rings is 17. The van der Waals surface area contributed by atoms with Crippen molar-refractivity contribution in [2.75, 3.05) is 9.80 Å². The Kier molecular flexibility index (Phi) is 21.1. The standard InChI is InChI=1S/C134H116N4O10/c1-67(2)97-57-83(135-65-139)58-98(68(3)4)125(97)137-127(141)105-61-109(145-85-33-25-79(26-34-85)131(9,10)11)119-93-45-41-89-101-53-75-49-71-21-23-73-51-77-55-103-91-43-47-95-116-96(48-44-92(114(91)116)104(103)56-78(77)52-74(73)24-22-72(71)50-76(75)54-102(101)90-42-46-94(115(93)113(89)90)120-110(62-106(128(137)142)117(105)123(119)120)146-86-35-27-80(28-36-86)132(12,13)14)122-112(148-88-39-31-82(32-40-88)134(18,19)20)64-108-118-107(63-111(121(95)124(118)122)147-87-37-29-81(30-38-87)133(15,16)17)129(143)138(130(108)144)126-99(69(5)6)59-84(136-66-140)60-100(126)70(7)8/h25-64,67-70,113,115,129,143H,21-24H2,1-20H3. The van der Waals surface area contributed by atoms with Gasteiger partial charge in [-0.15, -0.1) is 0 Å². The van der Waals surface area contributed by atoms with E-state index in [0.717, 1.165) is 147 Å². The molecule has 0 radical (unpaired) electrons. The quantitative estimate of drug-likeness (QED) is 0.0322. The Labute approximate surface area is 862 Å². The Morgan fingerprint density at radius 3 is 0.986 bits per heavy atom. The lowest BCUT2D eigenvalue weighted by Crippen LogP contribution is -2.42. The fourth-order valence-electron chi connectivity index (χ4n) is 25.4. The van der Waals surface area contributed by atoms with Crippen LogP contribution in [0.4, 0.5) is 22.7 Å². The van der Waals surface area contributed by atoms with Gasteiger partial charge in [-0.05, 0) is 358 Å². The molecular formula is C134H116N4O10. The highest BCUT2D eigenvalue weighted by Gasteiger charge is 2.52. The van der Waals surface area contributed by atoms with E-state index in [9.17, 15) is 14.7 Å². The number of fused-ring (bicyclic) bond motifs is 14. The molecule has 0 aromatic heterocycles. The van der Waals surface area contributed by atoms with Crippen LogP contribution in [0.5, 0.6) is 46.0 Å². The summed E-state index contributed by atoms with van der Waals surface area (Å²) >= 11 is 0. The monoisotopic (exact) mass is 1940 g/mol. The lowest BCUT2D eigenvalue weighted by Gasteiger charge is -2.42. The molecule has 732 valence electrons. The molecule has 0 fully saturated rings. The number of isocyanates is 2. The Morgan fingerprint density at radius 2 is 0.628 bits per heavy atom. The number of imide groups is 1. The number of allylic oxidation sites excluding steroid dienone is 8. The molecule has 14 heteroatoms. The highest BCUT2D eigenvalue weighted by Crippen LogP contribution is 2.68. The fraction of sp³-hybridized carbons (Fsp3) is 0.261. The minimum absolute atomic E-state index is 0.120. The number of hydrogen-bond donors (Lipinski definition) is 1. The van der Waals surface area contributed by atoms with Crippen LogP contribution < -0.4 is 28.7 Å². The number of aliphatic hydroxyl groups excluding tert-OH is 1. The second-order valence-corrected chi connectivity index (χ2v) is 47.4. The molecule has 148 heavy (non-hydrogen) atoms. The largest absolute Gasteiger partial charge is 0.457 e. The summed E-state index contributed by atoms with van der Waals surface area (Å²) in [6.07, 6.45) is 14.6. The van der Waals surface area contributed by atoms with E-state index >= 15 is 14.4 Å². The van der Waals surface area contributed by atoms with Crippen LogP contribution in [0, 0.1) is 11.8 Å². The van der Waals surface area contributed by atoms with E-state index in [1.54, 1.807) is 29.2 Å². The Bertz CT molecular complexity index is 8700. The molecule has 3 amide bonds. The number of hydrogen-bond acceptors (Lipinski definition) is 12. The topological polar surface area (TPSA) is 174 Å². The number of aliphatic hydroxyl groups is 1. The van der Waals surface area contributed by atoms with Crippen LogP contribution in [0.2, 0.25) is 0 Å². The van der Waals surface area contributed by atoms with Crippen molar-refractivity contribution >= 4 is 150 Å². The van der Waals surface area contributed by atoms with Crippen LogP contribution in [0.25, 0.3) is 120 Å². The summed E-state index contributed by atoms with van der Waals surface area (Å²) in [5.41, 5.74) is 28.9. The Balaban J connectivity index is 0.605. The van der Waals surface area contributed by atoms with Gasteiger partial charge in [-0.3, -0.25) is 19.3 Å². The van der Waals surface area contributed by atoms with Crippen molar-refractivity contribution in [2.45, 2.75) is 216 Å². The zero-order valence-electron chi connectivity index (χ0n) is 87.4. The third-order valence-corrected chi connectivity index (χ3v) is 32.9. The van der Waals surface area contributed by atoms with Crippen molar-refractivity contribution in [2.24, 2.45) is 21.8 Å². The molecule has 6 aliphatic carbocycles. The van der Waals surface area contributed by atoms with Gasteiger partial charge in [0.25, 0.3) is 17.7 Å². The molecule has 25 rings (SSSR count).